The number of fused-ring (bicyclic) bond motifs is 1. The van der Waals surface area contributed by atoms with E-state index in [0.717, 1.165) is 48.4 Å². The quantitative estimate of drug-likeness (QED) is 0.709. The lowest BCUT2D eigenvalue weighted by Crippen LogP contribution is -2.58. The zero-order chi connectivity index (χ0) is 18.5. The van der Waals surface area contributed by atoms with Crippen LogP contribution in [0.4, 0.5) is 5.82 Å². The van der Waals surface area contributed by atoms with Gasteiger partial charge in [-0.1, -0.05) is 20.8 Å². The topological polar surface area (TPSA) is 75.6 Å². The summed E-state index contributed by atoms with van der Waals surface area (Å²) in [4.78, 5) is 8.88. The van der Waals surface area contributed by atoms with Crippen LogP contribution in [0.15, 0.2) is 22.9 Å². The number of hydrogen-bond acceptors (Lipinski definition) is 7. The minimum atomic E-state index is -0.0990. The Morgan fingerprint density at radius 2 is 2.00 bits per heavy atom. The molecule has 0 aliphatic carbocycles. The lowest BCUT2D eigenvalue weighted by atomic mass is 9.96. The second-order valence-corrected chi connectivity index (χ2v) is 8.06. The number of rotatable bonds is 4. The number of aryl methyl sites for hydroxylation is 1. The third-order valence-corrected chi connectivity index (χ3v) is 4.97. The summed E-state index contributed by atoms with van der Waals surface area (Å²) < 4.78 is 7.15. The minimum Gasteiger partial charge on any atom is -0.448 e. The van der Waals surface area contributed by atoms with Crippen molar-refractivity contribution < 1.29 is 4.42 Å². The van der Waals surface area contributed by atoms with Crippen molar-refractivity contribution >= 4 is 11.5 Å². The minimum absolute atomic E-state index is 0.0990. The molecular weight excluding hydrogens is 330 g/mol. The fourth-order valence-electron chi connectivity index (χ4n) is 3.18. The van der Waals surface area contributed by atoms with Gasteiger partial charge in [0.05, 0.1) is 5.69 Å². The van der Waals surface area contributed by atoms with Gasteiger partial charge in [0.1, 0.15) is 11.6 Å². The number of nitrogens with zero attached hydrogens (tertiary/aromatic N) is 7. The standard InChI is InChI=1S/C18H25N7O/c1-12-14(19-11-26-12)10-23(5)13-8-24(9-13)16-7-6-15-20-21-17(18(2,3)4)25(15)22-16/h6-7,11,13H,8-10H2,1-5H3. The van der Waals surface area contributed by atoms with Crippen LogP contribution in [0.2, 0.25) is 0 Å². The van der Waals surface area contributed by atoms with Gasteiger partial charge in [-0.3, -0.25) is 4.90 Å². The molecule has 0 aromatic carbocycles. The van der Waals surface area contributed by atoms with Gasteiger partial charge in [0, 0.05) is 31.1 Å². The van der Waals surface area contributed by atoms with Crippen molar-refractivity contribution in [2.45, 2.75) is 45.7 Å². The molecule has 0 spiro atoms. The maximum Gasteiger partial charge on any atom is 0.181 e. The third kappa shape index (κ3) is 2.94. The Morgan fingerprint density at radius 3 is 2.65 bits per heavy atom. The first-order chi connectivity index (χ1) is 12.3. The Hall–Kier alpha value is -2.48. The third-order valence-electron chi connectivity index (χ3n) is 4.97. The van der Waals surface area contributed by atoms with E-state index >= 15 is 0 Å². The molecule has 3 aromatic rings. The molecule has 0 saturated carbocycles. The van der Waals surface area contributed by atoms with Gasteiger partial charge < -0.3 is 9.32 Å². The predicted molar refractivity (Wildman–Crippen MR) is 98.2 cm³/mol. The first-order valence-electron chi connectivity index (χ1n) is 8.90. The molecule has 0 unspecified atom stereocenters. The summed E-state index contributed by atoms with van der Waals surface area (Å²) in [5.41, 5.74) is 1.69. The molecule has 8 nitrogen and oxygen atoms in total. The first-order valence-corrected chi connectivity index (χ1v) is 8.90. The molecule has 4 heterocycles. The van der Waals surface area contributed by atoms with Gasteiger partial charge in [0.25, 0.3) is 0 Å². The van der Waals surface area contributed by atoms with E-state index in [1.807, 2.05) is 23.6 Å². The van der Waals surface area contributed by atoms with Crippen LogP contribution in [-0.4, -0.2) is 55.9 Å². The summed E-state index contributed by atoms with van der Waals surface area (Å²) in [5.74, 6) is 2.73. The van der Waals surface area contributed by atoms with Gasteiger partial charge >= 0.3 is 0 Å². The molecule has 8 heteroatoms. The number of aromatic nitrogens is 5. The fourth-order valence-corrected chi connectivity index (χ4v) is 3.18. The fraction of sp³-hybridized carbons (Fsp3) is 0.556. The Morgan fingerprint density at radius 1 is 1.23 bits per heavy atom. The first kappa shape index (κ1) is 17.0. The lowest BCUT2D eigenvalue weighted by Gasteiger charge is -2.44. The molecule has 0 bridgehead atoms. The van der Waals surface area contributed by atoms with Gasteiger partial charge in [-0.25, -0.2) is 4.98 Å². The Kier molecular flexibility index (Phi) is 3.95. The second-order valence-electron chi connectivity index (χ2n) is 8.06. The summed E-state index contributed by atoms with van der Waals surface area (Å²) in [6.07, 6.45) is 1.51. The SMILES string of the molecule is Cc1ocnc1CN(C)C1CN(c2ccc3nnc(C(C)(C)C)n3n2)C1. The highest BCUT2D eigenvalue weighted by Gasteiger charge is 2.32. The molecule has 1 aliphatic rings. The second kappa shape index (κ2) is 6.05. The van der Waals surface area contributed by atoms with E-state index in [1.165, 1.54) is 6.39 Å². The normalized spacial score (nSPS) is 15.8. The Bertz CT molecular complexity index is 917. The molecule has 1 fully saturated rings. The smallest absolute Gasteiger partial charge is 0.181 e. The van der Waals surface area contributed by atoms with Gasteiger partial charge in [-0.2, -0.15) is 4.52 Å². The Balaban J connectivity index is 1.46. The molecule has 0 atom stereocenters. The molecule has 0 amide bonds. The Labute approximate surface area is 152 Å². The van der Waals surface area contributed by atoms with Crippen LogP contribution in [0.5, 0.6) is 0 Å². The van der Waals surface area contributed by atoms with Crippen molar-refractivity contribution in [2.75, 3.05) is 25.0 Å². The van der Waals surface area contributed by atoms with Gasteiger partial charge in [-0.05, 0) is 26.1 Å². The highest BCUT2D eigenvalue weighted by molar-refractivity contribution is 5.48. The van der Waals surface area contributed by atoms with E-state index in [9.17, 15) is 0 Å². The van der Waals surface area contributed by atoms with Crippen LogP contribution < -0.4 is 4.90 Å². The maximum atomic E-state index is 5.29. The number of oxazole rings is 1. The summed E-state index contributed by atoms with van der Waals surface area (Å²) in [6, 6.07) is 4.49. The summed E-state index contributed by atoms with van der Waals surface area (Å²) in [6.45, 7) is 11.0. The van der Waals surface area contributed by atoms with E-state index < -0.39 is 0 Å². The van der Waals surface area contributed by atoms with E-state index in [-0.39, 0.29) is 5.41 Å². The number of likely N-dealkylation sites (N-methyl/N-ethyl adjacent to an activating group) is 1. The monoisotopic (exact) mass is 355 g/mol. The highest BCUT2D eigenvalue weighted by atomic mass is 16.3. The predicted octanol–water partition coefficient (Wildman–Crippen LogP) is 2.04. The molecule has 26 heavy (non-hydrogen) atoms. The van der Waals surface area contributed by atoms with Crippen LogP contribution in [0.3, 0.4) is 0 Å². The number of hydrogen-bond donors (Lipinski definition) is 0. The summed E-state index contributed by atoms with van der Waals surface area (Å²) in [7, 11) is 2.13. The maximum absolute atomic E-state index is 5.29. The summed E-state index contributed by atoms with van der Waals surface area (Å²) in [5, 5.41) is 13.3. The van der Waals surface area contributed by atoms with Gasteiger partial charge in [-0.15, -0.1) is 15.3 Å². The molecule has 0 radical (unpaired) electrons. The molecule has 1 saturated heterocycles. The van der Waals surface area contributed by atoms with Crippen molar-refractivity contribution in [3.05, 3.63) is 35.8 Å². The average molecular weight is 355 g/mol. The van der Waals surface area contributed by atoms with Gasteiger partial charge in [0.15, 0.2) is 17.9 Å². The summed E-state index contributed by atoms with van der Waals surface area (Å²) >= 11 is 0. The zero-order valence-electron chi connectivity index (χ0n) is 16.0. The average Bonchev–Trinajstić information content (AvgIpc) is 3.11. The van der Waals surface area contributed by atoms with E-state index in [4.69, 9.17) is 9.52 Å². The van der Waals surface area contributed by atoms with Crippen molar-refractivity contribution in [1.29, 1.82) is 0 Å². The van der Waals surface area contributed by atoms with E-state index in [2.05, 4.69) is 52.8 Å². The highest BCUT2D eigenvalue weighted by Crippen LogP contribution is 2.25. The molecular formula is C18H25N7O. The van der Waals surface area contributed by atoms with Crippen LogP contribution in [0.25, 0.3) is 5.65 Å². The number of anilines is 1. The van der Waals surface area contributed by atoms with Crippen molar-refractivity contribution in [3.63, 3.8) is 0 Å². The van der Waals surface area contributed by atoms with Crippen LogP contribution >= 0.6 is 0 Å². The van der Waals surface area contributed by atoms with Crippen molar-refractivity contribution in [2.24, 2.45) is 0 Å². The largest absolute Gasteiger partial charge is 0.448 e. The van der Waals surface area contributed by atoms with Crippen molar-refractivity contribution in [3.8, 4) is 0 Å². The van der Waals surface area contributed by atoms with Crippen LogP contribution in [0.1, 0.15) is 38.0 Å². The van der Waals surface area contributed by atoms with Crippen LogP contribution in [-0.2, 0) is 12.0 Å². The molecule has 138 valence electrons. The molecule has 3 aromatic heterocycles. The lowest BCUT2D eigenvalue weighted by molar-refractivity contribution is 0.194. The van der Waals surface area contributed by atoms with E-state index in [1.54, 1.807) is 0 Å². The van der Waals surface area contributed by atoms with E-state index in [0.29, 0.717) is 6.04 Å². The van der Waals surface area contributed by atoms with Gasteiger partial charge in [0.2, 0.25) is 0 Å². The van der Waals surface area contributed by atoms with Crippen molar-refractivity contribution in [1.82, 2.24) is 29.7 Å². The molecule has 0 N–H and O–H groups in total. The molecule has 1 aliphatic heterocycles. The molecule has 4 rings (SSSR count). The van der Waals surface area contributed by atoms with Crippen LogP contribution in [0, 0.1) is 6.92 Å². The zero-order valence-corrected chi connectivity index (χ0v) is 16.0.